The van der Waals surface area contributed by atoms with Crippen LogP contribution in [0.4, 0.5) is 0 Å². The third-order valence-electron chi connectivity index (χ3n) is 3.34. The van der Waals surface area contributed by atoms with Crippen LogP contribution < -0.4 is 5.14 Å². The summed E-state index contributed by atoms with van der Waals surface area (Å²) in [6, 6.07) is 14.0. The second-order valence-electron chi connectivity index (χ2n) is 4.89. The normalized spacial score (nSPS) is 11.6. The molecular weight excluding hydrogens is 412 g/mol. The van der Waals surface area contributed by atoms with Gasteiger partial charge < -0.3 is 0 Å². The smallest absolute Gasteiger partial charge is 0.238 e. The Kier molecular flexibility index (Phi) is 4.77. The summed E-state index contributed by atoms with van der Waals surface area (Å²) in [6.45, 7) is 0. The summed E-state index contributed by atoms with van der Waals surface area (Å²) in [5.41, 5.74) is 1.66. The van der Waals surface area contributed by atoms with E-state index in [1.54, 1.807) is 12.1 Å². The maximum atomic E-state index is 11.4. The van der Waals surface area contributed by atoms with Crippen molar-refractivity contribution in [2.75, 3.05) is 6.26 Å². The quantitative estimate of drug-likeness (QED) is 0.649. The summed E-state index contributed by atoms with van der Waals surface area (Å²) in [4.78, 5) is 0.0612. The molecule has 1 aromatic heterocycles. The van der Waals surface area contributed by atoms with Gasteiger partial charge in [-0.2, -0.15) is 0 Å². The molecule has 0 amide bonds. The van der Waals surface area contributed by atoms with Crippen molar-refractivity contribution in [1.82, 2.24) is 14.8 Å². The summed E-state index contributed by atoms with van der Waals surface area (Å²) >= 11 is 4.90. The van der Waals surface area contributed by atoms with Crippen molar-refractivity contribution in [2.45, 2.75) is 10.1 Å². The first-order valence-electron chi connectivity index (χ1n) is 6.79. The minimum atomic E-state index is -3.72. The highest BCUT2D eigenvalue weighted by molar-refractivity contribution is 9.10. The number of sulfonamides is 1. The second kappa shape index (κ2) is 6.67. The zero-order valence-electron chi connectivity index (χ0n) is 12.5. The van der Waals surface area contributed by atoms with E-state index in [0.717, 1.165) is 20.9 Å². The monoisotopic (exact) mass is 424 g/mol. The van der Waals surface area contributed by atoms with Crippen molar-refractivity contribution in [2.24, 2.45) is 5.14 Å². The molecule has 2 aromatic carbocycles. The van der Waals surface area contributed by atoms with Crippen LogP contribution in [0.5, 0.6) is 0 Å². The van der Waals surface area contributed by atoms with E-state index in [9.17, 15) is 8.42 Å². The van der Waals surface area contributed by atoms with Crippen molar-refractivity contribution in [3.8, 4) is 17.1 Å². The Morgan fingerprint density at radius 2 is 1.67 bits per heavy atom. The zero-order valence-corrected chi connectivity index (χ0v) is 15.8. The van der Waals surface area contributed by atoms with Gasteiger partial charge in [0.1, 0.15) is 0 Å². The molecule has 0 radical (unpaired) electrons. The molecule has 3 rings (SSSR count). The summed E-state index contributed by atoms with van der Waals surface area (Å²) in [5, 5.41) is 14.3. The largest absolute Gasteiger partial charge is 0.270 e. The van der Waals surface area contributed by atoms with Gasteiger partial charge in [0, 0.05) is 15.7 Å². The highest BCUT2D eigenvalue weighted by Crippen LogP contribution is 2.28. The number of benzene rings is 2. The van der Waals surface area contributed by atoms with Crippen LogP contribution in [0.1, 0.15) is 0 Å². The maximum Gasteiger partial charge on any atom is 0.238 e. The lowest BCUT2D eigenvalue weighted by atomic mass is 10.2. The van der Waals surface area contributed by atoms with Crippen LogP contribution in [-0.4, -0.2) is 29.4 Å². The minimum Gasteiger partial charge on any atom is -0.270 e. The van der Waals surface area contributed by atoms with E-state index in [2.05, 4.69) is 26.1 Å². The number of halogens is 1. The SMILES string of the molecule is CSc1nnc(-c2ccc(S(N)(=O)=O)cc2)n1-c1ccc(Br)cc1. The number of hydrogen-bond acceptors (Lipinski definition) is 5. The molecule has 0 aliphatic heterocycles. The molecule has 0 bridgehead atoms. The number of thioether (sulfide) groups is 1. The molecule has 0 aliphatic rings. The van der Waals surface area contributed by atoms with Gasteiger partial charge in [0.15, 0.2) is 11.0 Å². The molecule has 0 atom stereocenters. The van der Waals surface area contributed by atoms with Gasteiger partial charge in [-0.3, -0.25) is 4.57 Å². The van der Waals surface area contributed by atoms with Crippen molar-refractivity contribution in [3.63, 3.8) is 0 Å². The molecule has 6 nitrogen and oxygen atoms in total. The van der Waals surface area contributed by atoms with Gasteiger partial charge in [0.25, 0.3) is 0 Å². The molecule has 0 fully saturated rings. The average Bonchev–Trinajstić information content (AvgIpc) is 2.99. The highest BCUT2D eigenvalue weighted by atomic mass is 79.9. The molecular formula is C15H13BrN4O2S2. The molecule has 2 N–H and O–H groups in total. The van der Waals surface area contributed by atoms with Crippen LogP contribution in [0.15, 0.2) is 63.1 Å². The van der Waals surface area contributed by atoms with E-state index in [0.29, 0.717) is 5.82 Å². The first-order valence-corrected chi connectivity index (χ1v) is 10.3. The summed E-state index contributed by atoms with van der Waals surface area (Å²) in [6.07, 6.45) is 1.92. The third-order valence-corrected chi connectivity index (χ3v) is 5.43. The van der Waals surface area contributed by atoms with E-state index in [1.165, 1.54) is 23.9 Å². The molecule has 0 saturated carbocycles. The fourth-order valence-corrected chi connectivity index (χ4v) is 3.48. The number of hydrogen-bond donors (Lipinski definition) is 1. The van der Waals surface area contributed by atoms with Crippen molar-refractivity contribution < 1.29 is 8.42 Å². The van der Waals surface area contributed by atoms with Crippen molar-refractivity contribution in [3.05, 3.63) is 53.0 Å². The van der Waals surface area contributed by atoms with Crippen LogP contribution >= 0.6 is 27.7 Å². The Balaban J connectivity index is 2.12. The second-order valence-corrected chi connectivity index (χ2v) is 8.14. The Morgan fingerprint density at radius 3 is 2.21 bits per heavy atom. The number of nitrogens with two attached hydrogens (primary N) is 1. The lowest BCUT2D eigenvalue weighted by Gasteiger charge is -2.10. The summed E-state index contributed by atoms with van der Waals surface area (Å²) < 4.78 is 25.7. The molecule has 24 heavy (non-hydrogen) atoms. The average molecular weight is 425 g/mol. The Labute approximate surface area is 152 Å². The van der Waals surface area contributed by atoms with Gasteiger partial charge in [0.2, 0.25) is 10.0 Å². The number of nitrogens with zero attached hydrogens (tertiary/aromatic N) is 3. The Morgan fingerprint density at radius 1 is 1.04 bits per heavy atom. The van der Waals surface area contributed by atoms with Crippen LogP contribution in [0.25, 0.3) is 17.1 Å². The van der Waals surface area contributed by atoms with Crippen LogP contribution in [0.3, 0.4) is 0 Å². The lowest BCUT2D eigenvalue weighted by molar-refractivity contribution is 0.598. The van der Waals surface area contributed by atoms with Gasteiger partial charge in [0.05, 0.1) is 4.90 Å². The molecule has 124 valence electrons. The first kappa shape index (κ1) is 17.2. The van der Waals surface area contributed by atoms with Crippen molar-refractivity contribution >= 4 is 37.7 Å². The summed E-state index contributed by atoms with van der Waals surface area (Å²) in [7, 11) is -3.72. The van der Waals surface area contributed by atoms with Crippen LogP contribution in [0.2, 0.25) is 0 Å². The zero-order chi connectivity index (χ0) is 17.3. The molecule has 0 saturated heterocycles. The third kappa shape index (κ3) is 3.39. The fraction of sp³-hybridized carbons (Fsp3) is 0.0667. The number of rotatable bonds is 4. The molecule has 0 unspecified atom stereocenters. The Bertz CT molecular complexity index is 968. The van der Waals surface area contributed by atoms with Gasteiger partial charge in [-0.05, 0) is 54.8 Å². The molecule has 0 spiro atoms. The summed E-state index contributed by atoms with van der Waals surface area (Å²) in [5.74, 6) is 0.627. The Hall–Kier alpha value is -1.68. The van der Waals surface area contributed by atoms with Gasteiger partial charge in [-0.1, -0.05) is 27.7 Å². The predicted molar refractivity (Wildman–Crippen MR) is 97.6 cm³/mol. The topological polar surface area (TPSA) is 90.9 Å². The van der Waals surface area contributed by atoms with Crippen molar-refractivity contribution in [1.29, 1.82) is 0 Å². The standard InChI is InChI=1S/C15H13BrN4O2S2/c1-23-15-19-18-14(20(15)12-6-4-11(16)5-7-12)10-2-8-13(9-3-10)24(17,21)22/h2-9H,1H3,(H2,17,21,22). The molecule has 0 aliphatic carbocycles. The van der Waals surface area contributed by atoms with Gasteiger partial charge in [-0.15, -0.1) is 10.2 Å². The number of primary sulfonamides is 1. The molecule has 3 aromatic rings. The lowest BCUT2D eigenvalue weighted by Crippen LogP contribution is -2.11. The highest BCUT2D eigenvalue weighted by Gasteiger charge is 2.16. The first-order chi connectivity index (χ1) is 11.4. The van der Waals surface area contributed by atoms with E-state index in [4.69, 9.17) is 5.14 Å². The van der Waals surface area contributed by atoms with E-state index in [-0.39, 0.29) is 4.90 Å². The van der Waals surface area contributed by atoms with E-state index >= 15 is 0 Å². The molecule has 1 heterocycles. The fourth-order valence-electron chi connectivity index (χ4n) is 2.21. The van der Waals surface area contributed by atoms with Crippen LogP contribution in [-0.2, 0) is 10.0 Å². The number of aromatic nitrogens is 3. The van der Waals surface area contributed by atoms with E-state index < -0.39 is 10.0 Å². The minimum absolute atomic E-state index is 0.0612. The van der Waals surface area contributed by atoms with E-state index in [1.807, 2.05) is 35.1 Å². The van der Waals surface area contributed by atoms with Gasteiger partial charge >= 0.3 is 0 Å². The van der Waals surface area contributed by atoms with Crippen LogP contribution in [0, 0.1) is 0 Å². The predicted octanol–water partition coefficient (Wildman–Crippen LogP) is 3.07. The van der Waals surface area contributed by atoms with Gasteiger partial charge in [-0.25, -0.2) is 13.6 Å². The maximum absolute atomic E-state index is 11.4. The molecule has 9 heteroatoms.